The number of hydrogen-bond acceptors (Lipinski definition) is 3. The summed E-state index contributed by atoms with van der Waals surface area (Å²) >= 11 is 1.57. The summed E-state index contributed by atoms with van der Waals surface area (Å²) in [6.07, 6.45) is 0. The van der Waals surface area contributed by atoms with Crippen LogP contribution in [-0.2, 0) is 6.54 Å². The van der Waals surface area contributed by atoms with Crippen molar-refractivity contribution < 1.29 is 9.50 Å². The highest BCUT2D eigenvalue weighted by Gasteiger charge is 2.09. The summed E-state index contributed by atoms with van der Waals surface area (Å²) in [6, 6.07) is 5.17. The van der Waals surface area contributed by atoms with Crippen LogP contribution < -0.4 is 5.32 Å². The van der Waals surface area contributed by atoms with E-state index in [1.165, 1.54) is 6.07 Å². The molecule has 4 heteroatoms. The zero-order chi connectivity index (χ0) is 12.8. The molecule has 0 spiro atoms. The average molecular weight is 257 g/mol. The Hall–Kier alpha value is -0.580. The molecule has 0 aromatic heterocycles. The van der Waals surface area contributed by atoms with Crippen molar-refractivity contribution in [2.45, 2.75) is 43.5 Å². The summed E-state index contributed by atoms with van der Waals surface area (Å²) in [4.78, 5) is 1.03. The highest BCUT2D eigenvalue weighted by molar-refractivity contribution is 8.00. The van der Waals surface area contributed by atoms with E-state index < -0.39 is 0 Å². The van der Waals surface area contributed by atoms with Gasteiger partial charge in [-0.05, 0) is 23.8 Å². The number of halogens is 1. The quantitative estimate of drug-likeness (QED) is 0.769. The number of aliphatic hydroxyl groups excluding tert-OH is 1. The lowest BCUT2D eigenvalue weighted by molar-refractivity contribution is 0.300. The predicted octanol–water partition coefficient (Wildman–Crippen LogP) is 2.80. The second kappa shape index (κ2) is 6.99. The second-order valence-corrected chi connectivity index (χ2v) is 5.88. The first-order chi connectivity index (χ1) is 8.02. The van der Waals surface area contributed by atoms with Crippen LogP contribution in [0, 0.1) is 5.82 Å². The van der Waals surface area contributed by atoms with Crippen molar-refractivity contribution >= 4 is 11.8 Å². The Morgan fingerprint density at radius 2 is 2.06 bits per heavy atom. The van der Waals surface area contributed by atoms with E-state index in [0.29, 0.717) is 12.6 Å². The molecule has 1 aromatic rings. The highest BCUT2D eigenvalue weighted by atomic mass is 32.2. The standard InChI is InChI=1S/C13H20FNOS/c1-9(2)15-7-11-6-12(14)4-5-13(11)17-10(3)8-16/h4-6,9-10,15-16H,7-8H2,1-3H3. The van der Waals surface area contributed by atoms with Crippen LogP contribution in [0.1, 0.15) is 26.3 Å². The third-order valence-corrected chi connectivity index (χ3v) is 3.51. The van der Waals surface area contributed by atoms with Crippen LogP contribution in [0.4, 0.5) is 4.39 Å². The smallest absolute Gasteiger partial charge is 0.123 e. The van der Waals surface area contributed by atoms with Gasteiger partial charge in [0.25, 0.3) is 0 Å². The van der Waals surface area contributed by atoms with Crippen molar-refractivity contribution in [2.24, 2.45) is 0 Å². The normalized spacial score (nSPS) is 13.1. The Bertz CT molecular complexity index is 357. The predicted molar refractivity (Wildman–Crippen MR) is 70.8 cm³/mol. The molecular weight excluding hydrogens is 237 g/mol. The fourth-order valence-electron chi connectivity index (χ4n) is 1.37. The number of hydrogen-bond donors (Lipinski definition) is 2. The minimum absolute atomic E-state index is 0.123. The number of rotatable bonds is 6. The van der Waals surface area contributed by atoms with E-state index in [9.17, 15) is 4.39 Å². The van der Waals surface area contributed by atoms with Crippen molar-refractivity contribution in [1.29, 1.82) is 0 Å². The fraction of sp³-hybridized carbons (Fsp3) is 0.538. The maximum atomic E-state index is 13.2. The van der Waals surface area contributed by atoms with Crippen molar-refractivity contribution in [3.8, 4) is 0 Å². The molecule has 96 valence electrons. The molecule has 2 N–H and O–H groups in total. The summed E-state index contributed by atoms with van der Waals surface area (Å²) < 4.78 is 13.2. The van der Waals surface area contributed by atoms with Crippen LogP contribution >= 0.6 is 11.8 Å². The lowest BCUT2D eigenvalue weighted by Crippen LogP contribution is -2.22. The van der Waals surface area contributed by atoms with Crippen molar-refractivity contribution in [3.63, 3.8) is 0 Å². The fourth-order valence-corrected chi connectivity index (χ4v) is 2.31. The lowest BCUT2D eigenvalue weighted by atomic mass is 10.2. The molecule has 0 saturated heterocycles. The Morgan fingerprint density at radius 1 is 1.35 bits per heavy atom. The van der Waals surface area contributed by atoms with E-state index in [0.717, 1.165) is 10.5 Å². The lowest BCUT2D eigenvalue weighted by Gasteiger charge is -2.14. The number of benzene rings is 1. The van der Waals surface area contributed by atoms with E-state index in [4.69, 9.17) is 5.11 Å². The van der Waals surface area contributed by atoms with Crippen molar-refractivity contribution in [1.82, 2.24) is 5.32 Å². The van der Waals surface area contributed by atoms with Crippen molar-refractivity contribution in [3.05, 3.63) is 29.6 Å². The minimum atomic E-state index is -0.216. The van der Waals surface area contributed by atoms with Gasteiger partial charge in [0.15, 0.2) is 0 Å². The largest absolute Gasteiger partial charge is 0.395 e. The topological polar surface area (TPSA) is 32.3 Å². The average Bonchev–Trinajstić information content (AvgIpc) is 2.29. The zero-order valence-corrected chi connectivity index (χ0v) is 11.4. The molecule has 2 nitrogen and oxygen atoms in total. The molecule has 17 heavy (non-hydrogen) atoms. The Kier molecular flexibility index (Phi) is 5.95. The molecular formula is C13H20FNOS. The SMILES string of the molecule is CC(C)NCc1cc(F)ccc1SC(C)CO. The van der Waals surface area contributed by atoms with E-state index in [1.54, 1.807) is 23.9 Å². The number of aliphatic hydroxyl groups is 1. The van der Waals surface area contributed by atoms with Gasteiger partial charge >= 0.3 is 0 Å². The molecule has 0 aliphatic rings. The zero-order valence-electron chi connectivity index (χ0n) is 10.5. The molecule has 1 rings (SSSR count). The molecule has 0 amide bonds. The molecule has 0 aliphatic heterocycles. The van der Waals surface area contributed by atoms with Gasteiger partial charge in [-0.15, -0.1) is 11.8 Å². The van der Waals surface area contributed by atoms with Crippen LogP contribution in [0.2, 0.25) is 0 Å². The van der Waals surface area contributed by atoms with Gasteiger partial charge in [0.1, 0.15) is 5.82 Å². The molecule has 0 saturated carbocycles. The van der Waals surface area contributed by atoms with Crippen LogP contribution in [0.15, 0.2) is 23.1 Å². The Balaban J connectivity index is 2.79. The highest BCUT2D eigenvalue weighted by Crippen LogP contribution is 2.27. The van der Waals surface area contributed by atoms with Gasteiger partial charge in [0, 0.05) is 22.7 Å². The van der Waals surface area contributed by atoms with E-state index >= 15 is 0 Å². The summed E-state index contributed by atoms with van der Waals surface area (Å²) in [5, 5.41) is 12.5. The van der Waals surface area contributed by atoms with E-state index in [1.807, 2.05) is 6.92 Å². The Morgan fingerprint density at radius 3 is 2.65 bits per heavy atom. The maximum Gasteiger partial charge on any atom is 0.123 e. The van der Waals surface area contributed by atoms with Crippen molar-refractivity contribution in [2.75, 3.05) is 6.61 Å². The third kappa shape index (κ3) is 5.06. The van der Waals surface area contributed by atoms with E-state index in [-0.39, 0.29) is 17.7 Å². The van der Waals surface area contributed by atoms with Crippen LogP contribution in [0.5, 0.6) is 0 Å². The molecule has 1 aromatic carbocycles. The van der Waals surface area contributed by atoms with Crippen LogP contribution in [-0.4, -0.2) is 23.0 Å². The van der Waals surface area contributed by atoms with Crippen LogP contribution in [0.25, 0.3) is 0 Å². The van der Waals surface area contributed by atoms with Gasteiger partial charge in [0.05, 0.1) is 6.61 Å². The van der Waals surface area contributed by atoms with Gasteiger partial charge in [-0.2, -0.15) is 0 Å². The maximum absolute atomic E-state index is 13.2. The van der Waals surface area contributed by atoms with E-state index in [2.05, 4.69) is 19.2 Å². The minimum Gasteiger partial charge on any atom is -0.395 e. The van der Waals surface area contributed by atoms with Gasteiger partial charge in [-0.25, -0.2) is 4.39 Å². The van der Waals surface area contributed by atoms with Gasteiger partial charge in [0.2, 0.25) is 0 Å². The van der Waals surface area contributed by atoms with Gasteiger partial charge in [-0.3, -0.25) is 0 Å². The first kappa shape index (κ1) is 14.5. The molecule has 0 aliphatic carbocycles. The van der Waals surface area contributed by atoms with Gasteiger partial charge < -0.3 is 10.4 Å². The second-order valence-electron chi connectivity index (χ2n) is 4.40. The first-order valence-electron chi connectivity index (χ1n) is 5.82. The molecule has 1 atom stereocenters. The van der Waals surface area contributed by atoms with Crippen LogP contribution in [0.3, 0.4) is 0 Å². The number of thioether (sulfide) groups is 1. The third-order valence-electron chi connectivity index (χ3n) is 2.31. The first-order valence-corrected chi connectivity index (χ1v) is 6.70. The monoisotopic (exact) mass is 257 g/mol. The molecule has 0 fully saturated rings. The van der Waals surface area contributed by atoms with Gasteiger partial charge in [-0.1, -0.05) is 20.8 Å². The Labute approximate surface area is 107 Å². The molecule has 0 bridgehead atoms. The molecule has 0 radical (unpaired) electrons. The summed E-state index contributed by atoms with van der Waals surface area (Å²) in [6.45, 7) is 6.84. The summed E-state index contributed by atoms with van der Waals surface area (Å²) in [5.41, 5.74) is 0.948. The summed E-state index contributed by atoms with van der Waals surface area (Å²) in [5.74, 6) is -0.216. The number of nitrogens with one attached hydrogen (secondary N) is 1. The molecule has 0 heterocycles. The molecule has 1 unspecified atom stereocenters. The summed E-state index contributed by atoms with van der Waals surface area (Å²) in [7, 11) is 0.